The summed E-state index contributed by atoms with van der Waals surface area (Å²) in [5.74, 6) is -0.433. The van der Waals surface area contributed by atoms with Crippen molar-refractivity contribution >= 4 is 34.6 Å². The molecule has 0 unspecified atom stereocenters. The van der Waals surface area contributed by atoms with Gasteiger partial charge in [-0.05, 0) is 24.3 Å². The molecule has 6 heteroatoms. The highest BCUT2D eigenvalue weighted by molar-refractivity contribution is 6.54. The molecule has 0 saturated carbocycles. The third-order valence-corrected chi connectivity index (χ3v) is 5.27. The van der Waals surface area contributed by atoms with E-state index in [1.807, 2.05) is 72.8 Å². The van der Waals surface area contributed by atoms with Crippen LogP contribution >= 0.6 is 0 Å². The highest BCUT2D eigenvalue weighted by Crippen LogP contribution is 2.25. The lowest BCUT2D eigenvalue weighted by atomic mass is 10.1. The van der Waals surface area contributed by atoms with Gasteiger partial charge in [-0.3, -0.25) is 9.59 Å². The molecule has 1 heterocycles. The number of rotatable bonds is 6. The number of amidine groups is 2. The van der Waals surface area contributed by atoms with E-state index in [2.05, 4.69) is 10.2 Å². The van der Waals surface area contributed by atoms with Crippen molar-refractivity contribution in [2.24, 2.45) is 10.2 Å². The van der Waals surface area contributed by atoms with Gasteiger partial charge in [-0.25, -0.2) is 10.0 Å². The summed E-state index contributed by atoms with van der Waals surface area (Å²) in [6.45, 7) is 0. The molecular formula is C28H20N4O2. The van der Waals surface area contributed by atoms with Crippen LogP contribution in [0.1, 0.15) is 20.7 Å². The zero-order valence-corrected chi connectivity index (χ0v) is 18.2. The molecule has 164 valence electrons. The molecule has 6 nitrogen and oxygen atoms in total. The molecule has 0 radical (unpaired) electrons. The van der Waals surface area contributed by atoms with Crippen molar-refractivity contribution in [3.8, 4) is 0 Å². The van der Waals surface area contributed by atoms with Gasteiger partial charge in [0, 0.05) is 11.1 Å². The van der Waals surface area contributed by atoms with Gasteiger partial charge >= 0.3 is 0 Å². The van der Waals surface area contributed by atoms with Crippen LogP contribution in [0.3, 0.4) is 0 Å². The minimum absolute atomic E-state index is 0.0888. The second kappa shape index (κ2) is 9.34. The van der Waals surface area contributed by atoms with Crippen molar-refractivity contribution in [3.05, 3.63) is 132 Å². The van der Waals surface area contributed by atoms with Gasteiger partial charge in [0.1, 0.15) is 0 Å². The van der Waals surface area contributed by atoms with Crippen molar-refractivity contribution < 1.29 is 9.59 Å². The molecule has 34 heavy (non-hydrogen) atoms. The van der Waals surface area contributed by atoms with Gasteiger partial charge in [-0.1, -0.05) is 97.1 Å². The molecule has 4 aromatic carbocycles. The number of hydrogen-bond donors (Lipinski definition) is 0. The Morgan fingerprint density at radius 2 is 0.735 bits per heavy atom. The van der Waals surface area contributed by atoms with Crippen LogP contribution in [0.5, 0.6) is 0 Å². The van der Waals surface area contributed by atoms with E-state index in [0.717, 1.165) is 0 Å². The van der Waals surface area contributed by atoms with Crippen molar-refractivity contribution in [1.29, 1.82) is 0 Å². The maximum atomic E-state index is 13.6. The fourth-order valence-corrected chi connectivity index (χ4v) is 3.59. The summed E-state index contributed by atoms with van der Waals surface area (Å²) >= 11 is 0. The Morgan fingerprint density at radius 1 is 0.441 bits per heavy atom. The lowest BCUT2D eigenvalue weighted by molar-refractivity contribution is 0.105. The van der Waals surface area contributed by atoms with Gasteiger partial charge in [-0.15, -0.1) is 10.2 Å². The lowest BCUT2D eigenvalue weighted by Gasteiger charge is -2.31. The van der Waals surface area contributed by atoms with Gasteiger partial charge < -0.3 is 0 Å². The van der Waals surface area contributed by atoms with Gasteiger partial charge in [0.15, 0.2) is 0 Å². The first kappa shape index (κ1) is 21.0. The summed E-state index contributed by atoms with van der Waals surface area (Å²) in [5.41, 5.74) is 2.19. The monoisotopic (exact) mass is 444 g/mol. The van der Waals surface area contributed by atoms with Crippen molar-refractivity contribution in [3.63, 3.8) is 0 Å². The summed E-state index contributed by atoms with van der Waals surface area (Å²) in [7, 11) is 0. The molecule has 0 aliphatic carbocycles. The van der Waals surface area contributed by atoms with E-state index in [1.165, 1.54) is 10.0 Å². The quantitative estimate of drug-likeness (QED) is 0.373. The third kappa shape index (κ3) is 4.12. The number of nitrogens with zero attached hydrogens (tertiary/aromatic N) is 4. The van der Waals surface area contributed by atoms with Crippen LogP contribution in [0.2, 0.25) is 0 Å². The molecule has 4 aromatic rings. The maximum absolute atomic E-state index is 13.6. The summed E-state index contributed by atoms with van der Waals surface area (Å²) < 4.78 is 0. The Labute approximate surface area is 197 Å². The van der Waals surface area contributed by atoms with Gasteiger partial charge in [-0.2, -0.15) is 0 Å². The number of carbonyl (C=O) groups excluding carboxylic acids is 2. The Morgan fingerprint density at radius 3 is 1.06 bits per heavy atom. The Balaban J connectivity index is 1.68. The maximum Gasteiger partial charge on any atom is 0.232 e. The Hall–Kier alpha value is -4.84. The van der Waals surface area contributed by atoms with Crippen LogP contribution in [0.4, 0.5) is 11.4 Å². The number of hydrazone groups is 2. The van der Waals surface area contributed by atoms with Crippen LogP contribution in [-0.4, -0.2) is 23.2 Å². The first-order valence-electron chi connectivity index (χ1n) is 10.8. The molecule has 0 saturated heterocycles. The summed E-state index contributed by atoms with van der Waals surface area (Å²) in [5, 5.41) is 12.2. The zero-order valence-electron chi connectivity index (χ0n) is 18.2. The second-order valence-corrected chi connectivity index (χ2v) is 7.53. The first-order valence-corrected chi connectivity index (χ1v) is 10.8. The van der Waals surface area contributed by atoms with E-state index in [0.29, 0.717) is 22.5 Å². The fourth-order valence-electron chi connectivity index (χ4n) is 3.59. The molecule has 0 amide bonds. The van der Waals surface area contributed by atoms with Crippen molar-refractivity contribution in [2.45, 2.75) is 0 Å². The molecule has 0 atom stereocenters. The minimum Gasteiger partial charge on any atom is -0.285 e. The molecule has 0 bridgehead atoms. The van der Waals surface area contributed by atoms with Crippen molar-refractivity contribution in [2.75, 3.05) is 10.0 Å². The summed E-state index contributed by atoms with van der Waals surface area (Å²) in [4.78, 5) is 27.1. The fraction of sp³-hybridized carbons (Fsp3) is 0. The number of para-hydroxylation sites is 2. The zero-order chi connectivity index (χ0) is 23.3. The predicted molar refractivity (Wildman–Crippen MR) is 134 cm³/mol. The van der Waals surface area contributed by atoms with E-state index in [-0.39, 0.29) is 23.2 Å². The number of benzene rings is 4. The number of Topliss-reactive ketones (excluding diaryl/α,β-unsaturated/α-hetero) is 2. The average Bonchev–Trinajstić information content (AvgIpc) is 2.93. The molecule has 5 rings (SSSR count). The van der Waals surface area contributed by atoms with E-state index in [1.54, 1.807) is 48.5 Å². The third-order valence-electron chi connectivity index (χ3n) is 5.27. The van der Waals surface area contributed by atoms with Crippen LogP contribution in [0.25, 0.3) is 0 Å². The molecule has 1 aliphatic rings. The van der Waals surface area contributed by atoms with Crippen molar-refractivity contribution in [1.82, 2.24) is 0 Å². The first-order chi connectivity index (χ1) is 16.7. The minimum atomic E-state index is -0.305. The second-order valence-electron chi connectivity index (χ2n) is 7.53. The molecule has 0 N–H and O–H groups in total. The number of hydrogen-bond acceptors (Lipinski definition) is 6. The lowest BCUT2D eigenvalue weighted by Crippen LogP contribution is -2.46. The predicted octanol–water partition coefficient (Wildman–Crippen LogP) is 5.41. The SMILES string of the molecule is O=C(C1=NN(c2ccccc2)C(C(=O)c2ccccc2)=NN1c1ccccc1)c1ccccc1. The average molecular weight is 444 g/mol. The van der Waals surface area contributed by atoms with Crippen LogP contribution < -0.4 is 10.0 Å². The molecular weight excluding hydrogens is 424 g/mol. The molecule has 0 aromatic heterocycles. The van der Waals surface area contributed by atoms with Gasteiger partial charge in [0.2, 0.25) is 23.2 Å². The number of ketones is 2. The van der Waals surface area contributed by atoms with E-state index < -0.39 is 0 Å². The normalized spacial score (nSPS) is 13.2. The van der Waals surface area contributed by atoms with Crippen LogP contribution in [0.15, 0.2) is 132 Å². The molecule has 1 aliphatic heterocycles. The highest BCUT2D eigenvalue weighted by atomic mass is 16.1. The van der Waals surface area contributed by atoms with Gasteiger partial charge in [0.25, 0.3) is 0 Å². The molecule has 0 fully saturated rings. The highest BCUT2D eigenvalue weighted by Gasteiger charge is 2.34. The Bertz CT molecular complexity index is 1260. The molecule has 0 spiro atoms. The van der Waals surface area contributed by atoms with E-state index in [9.17, 15) is 9.59 Å². The topological polar surface area (TPSA) is 65.3 Å². The van der Waals surface area contributed by atoms with Crippen LogP contribution in [-0.2, 0) is 0 Å². The Kier molecular flexibility index (Phi) is 5.78. The van der Waals surface area contributed by atoms with E-state index >= 15 is 0 Å². The smallest absolute Gasteiger partial charge is 0.232 e. The van der Waals surface area contributed by atoms with Gasteiger partial charge in [0.05, 0.1) is 11.4 Å². The standard InChI is InChI=1S/C28H20N4O2/c33-25(21-13-5-1-6-14-21)27-29-32(24-19-11-4-12-20-24)28(26(34)22-15-7-2-8-16-22)30-31(27)23-17-9-3-10-18-23/h1-20H. The summed E-state index contributed by atoms with van der Waals surface area (Å²) in [6.07, 6.45) is 0. The summed E-state index contributed by atoms with van der Waals surface area (Å²) in [6, 6.07) is 36.2. The number of anilines is 2. The largest absolute Gasteiger partial charge is 0.285 e. The van der Waals surface area contributed by atoms with E-state index in [4.69, 9.17) is 0 Å². The number of carbonyl (C=O) groups is 2. The van der Waals surface area contributed by atoms with Crippen LogP contribution in [0, 0.1) is 0 Å².